The van der Waals surface area contributed by atoms with E-state index >= 15 is 0 Å². The molecule has 1 fully saturated rings. The molecule has 76 valence electrons. The van der Waals surface area contributed by atoms with Crippen molar-refractivity contribution in [3.05, 3.63) is 29.8 Å². The van der Waals surface area contributed by atoms with E-state index in [0.29, 0.717) is 0 Å². The molecular weight excluding hydrogens is 174 g/mol. The van der Waals surface area contributed by atoms with Gasteiger partial charge in [0.2, 0.25) is 0 Å². The van der Waals surface area contributed by atoms with Crippen LogP contribution in [0.3, 0.4) is 0 Å². The van der Waals surface area contributed by atoms with Crippen molar-refractivity contribution in [2.45, 2.75) is 31.9 Å². The molecule has 1 aromatic rings. The zero-order chi connectivity index (χ0) is 9.97. The van der Waals surface area contributed by atoms with Crippen molar-refractivity contribution in [1.82, 2.24) is 0 Å². The molecule has 0 aliphatic heterocycles. The van der Waals surface area contributed by atoms with Crippen LogP contribution in [0.25, 0.3) is 0 Å². The van der Waals surface area contributed by atoms with Crippen LogP contribution < -0.4 is 4.90 Å². The summed E-state index contributed by atoms with van der Waals surface area (Å²) in [6, 6.07) is 8.89. The van der Waals surface area contributed by atoms with Gasteiger partial charge in [0, 0.05) is 18.8 Å². The number of rotatable bonds is 3. The van der Waals surface area contributed by atoms with Crippen LogP contribution in [-0.4, -0.2) is 18.2 Å². The van der Waals surface area contributed by atoms with Gasteiger partial charge in [-0.05, 0) is 37.0 Å². The Balaban J connectivity index is 2.07. The second-order valence-electron chi connectivity index (χ2n) is 4.02. The fourth-order valence-corrected chi connectivity index (χ4v) is 1.82. The molecule has 0 atom stereocenters. The van der Waals surface area contributed by atoms with E-state index < -0.39 is 0 Å². The first-order valence-corrected chi connectivity index (χ1v) is 5.24. The minimum absolute atomic E-state index is 0.132. The highest BCUT2D eigenvalue weighted by atomic mass is 16.3. The van der Waals surface area contributed by atoms with E-state index in [1.807, 2.05) is 12.1 Å². The average molecular weight is 191 g/mol. The Bertz CT molecular complexity index is 290. The highest BCUT2D eigenvalue weighted by molar-refractivity contribution is 5.48. The molecule has 1 aromatic carbocycles. The lowest BCUT2D eigenvalue weighted by Gasteiger charge is -2.36. The van der Waals surface area contributed by atoms with Crippen LogP contribution in [-0.2, 0) is 6.61 Å². The van der Waals surface area contributed by atoms with Gasteiger partial charge in [-0.1, -0.05) is 12.1 Å². The maximum absolute atomic E-state index is 8.92. The summed E-state index contributed by atoms with van der Waals surface area (Å²) in [6.45, 7) is 0.132. The minimum Gasteiger partial charge on any atom is -0.392 e. The predicted octanol–water partition coefficient (Wildman–Crippen LogP) is 2.17. The van der Waals surface area contributed by atoms with Crippen molar-refractivity contribution in [1.29, 1.82) is 0 Å². The maximum atomic E-state index is 8.92. The summed E-state index contributed by atoms with van der Waals surface area (Å²) >= 11 is 0. The molecule has 0 amide bonds. The van der Waals surface area contributed by atoms with Crippen molar-refractivity contribution in [3.63, 3.8) is 0 Å². The monoisotopic (exact) mass is 191 g/mol. The Labute approximate surface area is 85.2 Å². The minimum atomic E-state index is 0.132. The molecule has 2 nitrogen and oxygen atoms in total. The number of aliphatic hydroxyl groups excluding tert-OH is 1. The molecule has 2 heteroatoms. The highest BCUT2D eigenvalue weighted by Gasteiger charge is 2.21. The molecule has 2 rings (SSSR count). The van der Waals surface area contributed by atoms with Crippen LogP contribution in [0, 0.1) is 0 Å². The highest BCUT2D eigenvalue weighted by Crippen LogP contribution is 2.28. The molecule has 0 heterocycles. The van der Waals surface area contributed by atoms with Gasteiger partial charge in [-0.2, -0.15) is 0 Å². The largest absolute Gasteiger partial charge is 0.392 e. The first kappa shape index (κ1) is 9.53. The van der Waals surface area contributed by atoms with Gasteiger partial charge in [-0.25, -0.2) is 0 Å². The summed E-state index contributed by atoms with van der Waals surface area (Å²) in [5.41, 5.74) is 2.24. The molecule has 0 spiro atoms. The molecule has 1 N–H and O–H groups in total. The lowest BCUT2D eigenvalue weighted by Crippen LogP contribution is -2.37. The van der Waals surface area contributed by atoms with Crippen LogP contribution in [0.15, 0.2) is 24.3 Å². The van der Waals surface area contributed by atoms with E-state index in [4.69, 9.17) is 5.11 Å². The lowest BCUT2D eigenvalue weighted by atomic mass is 9.91. The van der Waals surface area contributed by atoms with Gasteiger partial charge in [0.25, 0.3) is 0 Å². The smallest absolute Gasteiger partial charge is 0.0681 e. The van der Waals surface area contributed by atoms with E-state index in [-0.39, 0.29) is 6.61 Å². The number of nitrogens with zero attached hydrogens (tertiary/aromatic N) is 1. The van der Waals surface area contributed by atoms with Gasteiger partial charge < -0.3 is 10.0 Å². The molecule has 0 unspecified atom stereocenters. The summed E-state index contributed by atoms with van der Waals surface area (Å²) in [5, 5.41) is 8.92. The summed E-state index contributed by atoms with van der Waals surface area (Å²) in [5.74, 6) is 0. The van der Waals surface area contributed by atoms with Crippen LogP contribution in [0.4, 0.5) is 5.69 Å². The van der Waals surface area contributed by atoms with Crippen molar-refractivity contribution in [3.8, 4) is 0 Å². The molecule has 0 saturated heterocycles. The quantitative estimate of drug-likeness (QED) is 0.791. The van der Waals surface area contributed by atoms with E-state index in [0.717, 1.165) is 11.6 Å². The molecule has 0 radical (unpaired) electrons. The Hall–Kier alpha value is -1.02. The molecular formula is C12H17NO. The summed E-state index contributed by atoms with van der Waals surface area (Å²) in [4.78, 5) is 2.34. The summed E-state index contributed by atoms with van der Waals surface area (Å²) < 4.78 is 0. The molecule has 0 aromatic heterocycles. The normalized spacial score (nSPS) is 16.4. The third kappa shape index (κ3) is 1.75. The second-order valence-corrected chi connectivity index (χ2v) is 4.02. The molecule has 1 aliphatic carbocycles. The SMILES string of the molecule is CN(c1ccc(CO)cc1)C1CCC1. The van der Waals surface area contributed by atoms with Crippen molar-refractivity contribution < 1.29 is 5.11 Å². The van der Waals surface area contributed by atoms with Crippen LogP contribution in [0.2, 0.25) is 0 Å². The van der Waals surface area contributed by atoms with Gasteiger partial charge in [0.15, 0.2) is 0 Å². The Morgan fingerprint density at radius 1 is 1.29 bits per heavy atom. The number of aliphatic hydroxyl groups is 1. The van der Waals surface area contributed by atoms with Gasteiger partial charge in [-0.3, -0.25) is 0 Å². The summed E-state index contributed by atoms with van der Waals surface area (Å²) in [7, 11) is 2.15. The third-order valence-corrected chi connectivity index (χ3v) is 3.15. The third-order valence-electron chi connectivity index (χ3n) is 3.15. The van der Waals surface area contributed by atoms with E-state index in [2.05, 4.69) is 24.1 Å². The molecule has 1 aliphatic rings. The van der Waals surface area contributed by atoms with Crippen molar-refractivity contribution in [2.75, 3.05) is 11.9 Å². The maximum Gasteiger partial charge on any atom is 0.0681 e. The molecule has 14 heavy (non-hydrogen) atoms. The lowest BCUT2D eigenvalue weighted by molar-refractivity contribution is 0.282. The number of anilines is 1. The van der Waals surface area contributed by atoms with E-state index in [1.165, 1.54) is 24.9 Å². The fraction of sp³-hybridized carbons (Fsp3) is 0.500. The van der Waals surface area contributed by atoms with Gasteiger partial charge in [0.05, 0.1) is 6.61 Å². The first-order chi connectivity index (χ1) is 6.81. The number of hydrogen-bond acceptors (Lipinski definition) is 2. The van der Waals surface area contributed by atoms with Crippen LogP contribution in [0.5, 0.6) is 0 Å². The topological polar surface area (TPSA) is 23.5 Å². The second kappa shape index (κ2) is 4.01. The Morgan fingerprint density at radius 2 is 1.93 bits per heavy atom. The summed E-state index contributed by atoms with van der Waals surface area (Å²) in [6.07, 6.45) is 4.00. The van der Waals surface area contributed by atoms with Gasteiger partial charge in [0.1, 0.15) is 0 Å². The van der Waals surface area contributed by atoms with Crippen LogP contribution in [0.1, 0.15) is 24.8 Å². The average Bonchev–Trinajstić information content (AvgIpc) is 2.15. The molecule has 1 saturated carbocycles. The van der Waals surface area contributed by atoms with Gasteiger partial charge >= 0.3 is 0 Å². The number of hydrogen-bond donors (Lipinski definition) is 1. The zero-order valence-corrected chi connectivity index (χ0v) is 8.61. The Kier molecular flexibility index (Phi) is 2.73. The number of benzene rings is 1. The standard InChI is InChI=1S/C12H17NO/c1-13(11-3-2-4-11)12-7-5-10(9-14)6-8-12/h5-8,11,14H,2-4,9H2,1H3. The predicted molar refractivity (Wildman–Crippen MR) is 58.4 cm³/mol. The first-order valence-electron chi connectivity index (χ1n) is 5.24. The fourth-order valence-electron chi connectivity index (χ4n) is 1.82. The Morgan fingerprint density at radius 3 is 2.36 bits per heavy atom. The van der Waals surface area contributed by atoms with Crippen LogP contribution >= 0.6 is 0 Å². The zero-order valence-electron chi connectivity index (χ0n) is 8.61. The van der Waals surface area contributed by atoms with Crippen molar-refractivity contribution in [2.24, 2.45) is 0 Å². The van der Waals surface area contributed by atoms with E-state index in [1.54, 1.807) is 0 Å². The van der Waals surface area contributed by atoms with E-state index in [9.17, 15) is 0 Å². The van der Waals surface area contributed by atoms with Gasteiger partial charge in [-0.15, -0.1) is 0 Å². The molecule has 0 bridgehead atoms. The van der Waals surface area contributed by atoms with Crippen molar-refractivity contribution >= 4 is 5.69 Å².